The second-order valence-corrected chi connectivity index (χ2v) is 7.82. The molecule has 1 heterocycles. The highest BCUT2D eigenvalue weighted by molar-refractivity contribution is 5.91. The van der Waals surface area contributed by atoms with Crippen molar-refractivity contribution in [3.8, 4) is 28.6 Å². The lowest BCUT2D eigenvalue weighted by Gasteiger charge is -2.11. The number of ether oxygens (including phenoxy) is 3. The quantitative estimate of drug-likeness (QED) is 0.258. The summed E-state index contributed by atoms with van der Waals surface area (Å²) in [6.45, 7) is 7.48. The summed E-state index contributed by atoms with van der Waals surface area (Å²) in [6, 6.07) is 11.6. The molecule has 6 nitrogen and oxygen atoms in total. The minimum Gasteiger partial charge on any atom is -0.493 e. The molecule has 0 aliphatic heterocycles. The Hall–Kier alpha value is -3.48. The zero-order valence-corrected chi connectivity index (χ0v) is 19.2. The van der Waals surface area contributed by atoms with E-state index in [1.165, 1.54) is 24.5 Å². The van der Waals surface area contributed by atoms with Crippen molar-refractivity contribution in [3.63, 3.8) is 0 Å². The first-order chi connectivity index (χ1) is 16.0. The molecular weight excluding hydrogens is 423 g/mol. The number of nitrogens with zero attached hydrogens (tertiary/aromatic N) is 2. The summed E-state index contributed by atoms with van der Waals surface area (Å²) in [5.41, 5.74) is 1.26. The fourth-order valence-corrected chi connectivity index (χ4v) is 2.83. The molecule has 0 saturated carbocycles. The molecule has 3 aromatic rings. The summed E-state index contributed by atoms with van der Waals surface area (Å²) < 4.78 is 30.7. The van der Waals surface area contributed by atoms with E-state index in [9.17, 15) is 9.18 Å². The van der Waals surface area contributed by atoms with Gasteiger partial charge in [-0.15, -0.1) is 0 Å². The highest BCUT2D eigenvalue weighted by Gasteiger charge is 2.16. The van der Waals surface area contributed by atoms with Gasteiger partial charge in [0.05, 0.1) is 36.9 Å². The number of carbonyl (C=O) groups is 1. The fraction of sp³-hybridized carbons (Fsp3) is 0.346. The fourth-order valence-electron chi connectivity index (χ4n) is 2.83. The second kappa shape index (κ2) is 11.9. The van der Waals surface area contributed by atoms with Crippen LogP contribution in [0, 0.1) is 11.7 Å². The summed E-state index contributed by atoms with van der Waals surface area (Å²) in [7, 11) is 0. The van der Waals surface area contributed by atoms with Crippen LogP contribution in [0.15, 0.2) is 54.9 Å². The standard InChI is InChI=1S/C26H29FN2O4/c1-4-6-13-31-21-11-12-22(23(27)14-21)26(30)33-25-16-28-24(15-29-25)19-7-9-20(10-8-19)32-17-18(3)5-2/h7-12,14-16,18H,4-6,13,17H2,1-3H3. The Morgan fingerprint density at radius 3 is 2.39 bits per heavy atom. The number of hydrogen-bond donors (Lipinski definition) is 0. The largest absolute Gasteiger partial charge is 0.493 e. The molecular formula is C26H29FN2O4. The molecule has 174 valence electrons. The molecule has 1 aromatic heterocycles. The maximum atomic E-state index is 14.3. The average Bonchev–Trinajstić information content (AvgIpc) is 2.83. The SMILES string of the molecule is CCCCOc1ccc(C(=O)Oc2cnc(-c3ccc(OCC(C)CC)cc3)cn2)c(F)c1. The first-order valence-electron chi connectivity index (χ1n) is 11.2. The molecule has 0 amide bonds. The van der Waals surface area contributed by atoms with E-state index in [1.807, 2.05) is 31.2 Å². The van der Waals surface area contributed by atoms with E-state index in [4.69, 9.17) is 14.2 Å². The summed E-state index contributed by atoms with van der Waals surface area (Å²) in [6.07, 6.45) is 5.75. The number of aromatic nitrogens is 2. The third-order valence-electron chi connectivity index (χ3n) is 5.13. The molecule has 0 spiro atoms. The predicted molar refractivity (Wildman–Crippen MR) is 124 cm³/mol. The summed E-state index contributed by atoms with van der Waals surface area (Å²) in [5.74, 6) is 0.0854. The highest BCUT2D eigenvalue weighted by Crippen LogP contribution is 2.23. The molecule has 0 aliphatic rings. The third-order valence-corrected chi connectivity index (χ3v) is 5.13. The van der Waals surface area contributed by atoms with Gasteiger partial charge in [0.1, 0.15) is 17.3 Å². The first kappa shape index (κ1) is 24.2. The maximum Gasteiger partial charge on any atom is 0.347 e. The van der Waals surface area contributed by atoms with Gasteiger partial charge >= 0.3 is 5.97 Å². The Kier molecular flexibility index (Phi) is 8.75. The number of unbranched alkanes of at least 4 members (excludes halogenated alkanes) is 1. The lowest BCUT2D eigenvalue weighted by Crippen LogP contribution is -2.12. The Morgan fingerprint density at radius 2 is 1.76 bits per heavy atom. The molecule has 1 atom stereocenters. The van der Waals surface area contributed by atoms with Gasteiger partial charge in [0.15, 0.2) is 0 Å². The number of hydrogen-bond acceptors (Lipinski definition) is 6. The van der Waals surface area contributed by atoms with E-state index in [-0.39, 0.29) is 11.4 Å². The molecule has 7 heteroatoms. The van der Waals surface area contributed by atoms with Gasteiger partial charge in [-0.05, 0) is 48.7 Å². The van der Waals surface area contributed by atoms with Crippen molar-refractivity contribution in [2.24, 2.45) is 5.92 Å². The van der Waals surface area contributed by atoms with Crippen LogP contribution in [0.5, 0.6) is 17.4 Å². The molecule has 2 aromatic carbocycles. The lowest BCUT2D eigenvalue weighted by molar-refractivity contribution is 0.0722. The Bertz CT molecular complexity index is 1040. The van der Waals surface area contributed by atoms with Crippen LogP contribution in [-0.2, 0) is 0 Å². The minimum absolute atomic E-state index is 0.0140. The zero-order valence-electron chi connectivity index (χ0n) is 19.2. The topological polar surface area (TPSA) is 70.5 Å². The Balaban J connectivity index is 1.59. The zero-order chi connectivity index (χ0) is 23.6. The number of rotatable bonds is 11. The second-order valence-electron chi connectivity index (χ2n) is 7.82. The number of esters is 1. The molecule has 0 N–H and O–H groups in total. The lowest BCUT2D eigenvalue weighted by atomic mass is 10.1. The van der Waals surface area contributed by atoms with E-state index in [2.05, 4.69) is 23.8 Å². The van der Waals surface area contributed by atoms with Crippen molar-refractivity contribution < 1.29 is 23.4 Å². The number of benzene rings is 2. The van der Waals surface area contributed by atoms with Gasteiger partial charge in [-0.1, -0.05) is 33.6 Å². The van der Waals surface area contributed by atoms with Crippen molar-refractivity contribution in [1.82, 2.24) is 9.97 Å². The van der Waals surface area contributed by atoms with Crippen LogP contribution in [0.4, 0.5) is 4.39 Å². The van der Waals surface area contributed by atoms with Gasteiger partial charge in [-0.25, -0.2) is 19.2 Å². The van der Waals surface area contributed by atoms with Gasteiger partial charge in [-0.2, -0.15) is 0 Å². The van der Waals surface area contributed by atoms with Crippen LogP contribution >= 0.6 is 0 Å². The van der Waals surface area contributed by atoms with Crippen LogP contribution in [-0.4, -0.2) is 29.2 Å². The molecule has 0 bridgehead atoms. The van der Waals surface area contributed by atoms with Crippen LogP contribution in [0.2, 0.25) is 0 Å². The van der Waals surface area contributed by atoms with Crippen LogP contribution in [0.1, 0.15) is 50.4 Å². The van der Waals surface area contributed by atoms with E-state index in [0.717, 1.165) is 30.6 Å². The first-order valence-corrected chi connectivity index (χ1v) is 11.2. The van der Waals surface area contributed by atoms with Crippen molar-refractivity contribution in [1.29, 1.82) is 0 Å². The predicted octanol–water partition coefficient (Wildman–Crippen LogP) is 6.11. The Morgan fingerprint density at radius 1 is 1.00 bits per heavy atom. The van der Waals surface area contributed by atoms with Crippen molar-refractivity contribution in [2.45, 2.75) is 40.0 Å². The number of halogens is 1. The normalized spacial score (nSPS) is 11.6. The summed E-state index contributed by atoms with van der Waals surface area (Å²) in [5, 5.41) is 0. The molecule has 0 fully saturated rings. The van der Waals surface area contributed by atoms with Crippen molar-refractivity contribution in [3.05, 3.63) is 66.2 Å². The maximum absolute atomic E-state index is 14.3. The van der Waals surface area contributed by atoms with E-state index >= 15 is 0 Å². The molecule has 33 heavy (non-hydrogen) atoms. The molecule has 0 radical (unpaired) electrons. The van der Waals surface area contributed by atoms with E-state index in [1.54, 1.807) is 6.07 Å². The highest BCUT2D eigenvalue weighted by atomic mass is 19.1. The number of carbonyl (C=O) groups excluding carboxylic acids is 1. The van der Waals surface area contributed by atoms with Gasteiger partial charge in [0.2, 0.25) is 5.88 Å². The molecule has 0 saturated heterocycles. The molecule has 3 rings (SSSR count). The monoisotopic (exact) mass is 452 g/mol. The minimum atomic E-state index is -0.850. The summed E-state index contributed by atoms with van der Waals surface area (Å²) >= 11 is 0. The van der Waals surface area contributed by atoms with Crippen LogP contribution in [0.25, 0.3) is 11.3 Å². The van der Waals surface area contributed by atoms with E-state index < -0.39 is 11.8 Å². The van der Waals surface area contributed by atoms with Crippen LogP contribution in [0.3, 0.4) is 0 Å². The molecule has 0 aliphatic carbocycles. The van der Waals surface area contributed by atoms with Gasteiger partial charge < -0.3 is 14.2 Å². The molecule has 1 unspecified atom stereocenters. The van der Waals surface area contributed by atoms with Crippen molar-refractivity contribution in [2.75, 3.05) is 13.2 Å². The average molecular weight is 453 g/mol. The van der Waals surface area contributed by atoms with Gasteiger partial charge in [-0.3, -0.25) is 0 Å². The summed E-state index contributed by atoms with van der Waals surface area (Å²) in [4.78, 5) is 20.8. The Labute approximate surface area is 193 Å². The third kappa shape index (κ3) is 7.00. The van der Waals surface area contributed by atoms with Crippen LogP contribution < -0.4 is 14.2 Å². The van der Waals surface area contributed by atoms with Gasteiger partial charge in [0.25, 0.3) is 0 Å². The van der Waals surface area contributed by atoms with Crippen molar-refractivity contribution >= 4 is 5.97 Å². The smallest absolute Gasteiger partial charge is 0.347 e. The van der Waals surface area contributed by atoms with E-state index in [0.29, 0.717) is 30.6 Å². The van der Waals surface area contributed by atoms with Gasteiger partial charge in [0, 0.05) is 11.6 Å².